The Morgan fingerprint density at radius 2 is 1.86 bits per heavy atom. The molecule has 1 fully saturated rings. The third-order valence-electron chi connectivity index (χ3n) is 7.95. The van der Waals surface area contributed by atoms with Gasteiger partial charge in [-0.25, -0.2) is 4.98 Å². The van der Waals surface area contributed by atoms with Crippen LogP contribution in [0.25, 0.3) is 22.2 Å². The van der Waals surface area contributed by atoms with Crippen LogP contribution in [-0.4, -0.2) is 47.6 Å². The molecule has 5 rings (SSSR count). The number of allylic oxidation sites excluding steroid dienone is 1. The topological polar surface area (TPSA) is 91.7 Å². The van der Waals surface area contributed by atoms with Gasteiger partial charge >= 0.3 is 6.18 Å². The van der Waals surface area contributed by atoms with E-state index in [0.29, 0.717) is 24.3 Å². The lowest BCUT2D eigenvalue weighted by Gasteiger charge is -2.22. The number of nitrogens with zero attached hydrogens (tertiary/aromatic N) is 3. The van der Waals surface area contributed by atoms with Crippen molar-refractivity contribution in [3.63, 3.8) is 0 Å². The van der Waals surface area contributed by atoms with Gasteiger partial charge in [0.1, 0.15) is 5.82 Å². The molecule has 11 heteroatoms. The number of ether oxygens (including phenoxy) is 1. The number of fused-ring (bicyclic) bond motifs is 1. The van der Waals surface area contributed by atoms with Gasteiger partial charge in [-0.15, -0.1) is 0 Å². The van der Waals surface area contributed by atoms with Crippen molar-refractivity contribution in [3.8, 4) is 11.1 Å². The molecule has 1 amide bonds. The average molecular weight is 594 g/mol. The Balaban J connectivity index is 1.64. The Morgan fingerprint density at radius 1 is 1.14 bits per heavy atom. The third kappa shape index (κ3) is 5.94. The van der Waals surface area contributed by atoms with Gasteiger partial charge in [-0.1, -0.05) is 5.57 Å². The minimum atomic E-state index is -4.75. The van der Waals surface area contributed by atoms with Crippen molar-refractivity contribution in [2.75, 3.05) is 32.2 Å². The Morgan fingerprint density at radius 3 is 2.53 bits per heavy atom. The Kier molecular flexibility index (Phi) is 8.20. The maximum absolute atomic E-state index is 13.8. The van der Waals surface area contributed by atoms with Crippen LogP contribution in [0.15, 0.2) is 53.1 Å². The molecule has 0 aromatic carbocycles. The van der Waals surface area contributed by atoms with Crippen LogP contribution in [0.4, 0.5) is 19.0 Å². The molecule has 0 spiro atoms. The number of aromatic nitrogens is 3. The molecule has 1 saturated heterocycles. The standard InChI is InChI=1S/C32H34F3N5O3/c1-18-14-26(32(33,34)35)25(31(42)38-18)17-37-30(41)24-16-27-23(22-6-10-36-28(15-22)39(4)5)7-11-40(27)29(20(24)3)19(2)21-8-12-43-13-9-21/h6-7,10-11,14-16H,8-9,12-13,17H2,1-5H3,(H,37,41)(H,38,42). The zero-order valence-corrected chi connectivity index (χ0v) is 24.8. The lowest BCUT2D eigenvalue weighted by atomic mass is 9.94. The van der Waals surface area contributed by atoms with Crippen molar-refractivity contribution in [2.45, 2.75) is 46.3 Å². The fourth-order valence-corrected chi connectivity index (χ4v) is 5.68. The fraction of sp³-hybridized carbons (Fsp3) is 0.344. The lowest BCUT2D eigenvalue weighted by molar-refractivity contribution is -0.138. The molecular formula is C32H34F3N5O3. The Hall–Kier alpha value is -4.38. The van der Waals surface area contributed by atoms with Gasteiger partial charge in [-0.05, 0) is 80.6 Å². The first-order chi connectivity index (χ1) is 20.4. The summed E-state index contributed by atoms with van der Waals surface area (Å²) < 4.78 is 48.9. The monoisotopic (exact) mass is 593 g/mol. The molecule has 1 aliphatic heterocycles. The normalized spacial score (nSPS) is 13.8. The van der Waals surface area contributed by atoms with Crippen molar-refractivity contribution in [3.05, 3.63) is 92.3 Å². The number of alkyl halides is 3. The molecule has 0 radical (unpaired) electrons. The molecule has 4 aromatic rings. The quantitative estimate of drug-likeness (QED) is 0.290. The molecular weight excluding hydrogens is 559 g/mol. The number of amides is 1. The Labute approximate surface area is 247 Å². The van der Waals surface area contributed by atoms with E-state index < -0.39 is 35.3 Å². The fourth-order valence-electron chi connectivity index (χ4n) is 5.68. The summed E-state index contributed by atoms with van der Waals surface area (Å²) in [5.74, 6) is 0.196. The van der Waals surface area contributed by atoms with E-state index in [0.717, 1.165) is 52.6 Å². The number of carbonyl (C=O) groups is 1. The lowest BCUT2D eigenvalue weighted by Crippen LogP contribution is -2.30. The van der Waals surface area contributed by atoms with Crippen LogP contribution in [0, 0.1) is 13.8 Å². The molecule has 1 aliphatic rings. The van der Waals surface area contributed by atoms with Crippen LogP contribution in [0.3, 0.4) is 0 Å². The van der Waals surface area contributed by atoms with Gasteiger partial charge in [0.25, 0.3) is 11.5 Å². The minimum absolute atomic E-state index is 0.0873. The molecule has 2 N–H and O–H groups in total. The summed E-state index contributed by atoms with van der Waals surface area (Å²) in [7, 11) is 3.81. The van der Waals surface area contributed by atoms with Crippen molar-refractivity contribution >= 4 is 22.8 Å². The summed E-state index contributed by atoms with van der Waals surface area (Å²) in [6.45, 7) is 5.90. The second-order valence-corrected chi connectivity index (χ2v) is 11.0. The highest BCUT2D eigenvalue weighted by Crippen LogP contribution is 2.35. The van der Waals surface area contributed by atoms with Gasteiger partial charge in [0, 0.05) is 55.4 Å². The number of pyridine rings is 3. The summed E-state index contributed by atoms with van der Waals surface area (Å²) >= 11 is 0. The molecule has 5 heterocycles. The van der Waals surface area contributed by atoms with Crippen LogP contribution < -0.4 is 15.8 Å². The number of halogens is 3. The third-order valence-corrected chi connectivity index (χ3v) is 7.95. The predicted molar refractivity (Wildman–Crippen MR) is 160 cm³/mol. The van der Waals surface area contributed by atoms with Gasteiger partial charge < -0.3 is 24.3 Å². The van der Waals surface area contributed by atoms with E-state index in [2.05, 4.69) is 19.7 Å². The van der Waals surface area contributed by atoms with Crippen molar-refractivity contribution in [1.29, 1.82) is 0 Å². The average Bonchev–Trinajstić information content (AvgIpc) is 3.39. The first kappa shape index (κ1) is 30.1. The number of hydrogen-bond acceptors (Lipinski definition) is 5. The number of nitrogens with one attached hydrogen (secondary N) is 2. The first-order valence-electron chi connectivity index (χ1n) is 14.0. The molecule has 0 bridgehead atoms. The molecule has 0 unspecified atom stereocenters. The van der Waals surface area contributed by atoms with Gasteiger partial charge in [0.15, 0.2) is 0 Å². The van der Waals surface area contributed by atoms with E-state index in [1.165, 1.54) is 12.5 Å². The van der Waals surface area contributed by atoms with E-state index >= 15 is 0 Å². The van der Waals surface area contributed by atoms with Crippen LogP contribution in [0.1, 0.15) is 58.2 Å². The minimum Gasteiger partial charge on any atom is -0.381 e. The highest BCUT2D eigenvalue weighted by Gasteiger charge is 2.35. The molecule has 0 aliphatic carbocycles. The SMILES string of the molecule is CC(=C1CCOCC1)c1c(C)c(C(=O)NCc2c(C(F)(F)F)cc(C)[nH]c2=O)cc2c(-c3ccnc(N(C)C)c3)ccn12. The van der Waals surface area contributed by atoms with E-state index in [4.69, 9.17) is 4.74 Å². The molecule has 8 nitrogen and oxygen atoms in total. The number of anilines is 1. The zero-order valence-electron chi connectivity index (χ0n) is 24.8. The smallest absolute Gasteiger partial charge is 0.381 e. The van der Waals surface area contributed by atoms with Crippen molar-refractivity contribution < 1.29 is 22.7 Å². The van der Waals surface area contributed by atoms with E-state index in [1.54, 1.807) is 12.3 Å². The first-order valence-corrected chi connectivity index (χ1v) is 14.0. The number of aryl methyl sites for hydroxylation is 1. The van der Waals surface area contributed by atoms with E-state index in [9.17, 15) is 22.8 Å². The van der Waals surface area contributed by atoms with Crippen molar-refractivity contribution in [1.82, 2.24) is 19.7 Å². The second kappa shape index (κ2) is 11.7. The van der Waals surface area contributed by atoms with Gasteiger partial charge in [-0.2, -0.15) is 13.2 Å². The zero-order chi connectivity index (χ0) is 31.1. The van der Waals surface area contributed by atoms with E-state index in [1.807, 2.05) is 57.2 Å². The number of hydrogen-bond donors (Lipinski definition) is 2. The van der Waals surface area contributed by atoms with Crippen LogP contribution >= 0.6 is 0 Å². The van der Waals surface area contributed by atoms with Crippen LogP contribution in [0.5, 0.6) is 0 Å². The van der Waals surface area contributed by atoms with Gasteiger partial charge in [0.2, 0.25) is 0 Å². The number of H-pyrrole nitrogens is 1. The predicted octanol–water partition coefficient (Wildman–Crippen LogP) is 5.91. The summed E-state index contributed by atoms with van der Waals surface area (Å²) in [5.41, 5.74) is 4.23. The molecule has 43 heavy (non-hydrogen) atoms. The summed E-state index contributed by atoms with van der Waals surface area (Å²) in [4.78, 5) is 35.0. The maximum atomic E-state index is 13.8. The summed E-state index contributed by atoms with van der Waals surface area (Å²) in [5, 5.41) is 2.59. The van der Waals surface area contributed by atoms with E-state index in [-0.39, 0.29) is 5.69 Å². The highest BCUT2D eigenvalue weighted by atomic mass is 19.4. The number of carbonyl (C=O) groups excluding carboxylic acids is 1. The molecule has 0 saturated carbocycles. The van der Waals surface area contributed by atoms with Crippen molar-refractivity contribution in [2.24, 2.45) is 0 Å². The molecule has 0 atom stereocenters. The van der Waals surface area contributed by atoms with Gasteiger partial charge in [0.05, 0.1) is 30.0 Å². The van der Waals surface area contributed by atoms with Crippen LogP contribution in [0.2, 0.25) is 0 Å². The Bertz CT molecular complexity index is 1790. The molecule has 226 valence electrons. The van der Waals surface area contributed by atoms with Gasteiger partial charge in [-0.3, -0.25) is 9.59 Å². The summed E-state index contributed by atoms with van der Waals surface area (Å²) in [6.07, 6.45) is 0.484. The van der Waals surface area contributed by atoms with Crippen LogP contribution in [-0.2, 0) is 17.5 Å². The second-order valence-electron chi connectivity index (χ2n) is 11.0. The highest BCUT2D eigenvalue weighted by molar-refractivity contribution is 6.00. The molecule has 4 aromatic heterocycles. The number of aromatic amines is 1. The maximum Gasteiger partial charge on any atom is 0.417 e. The summed E-state index contributed by atoms with van der Waals surface area (Å²) in [6, 6.07) is 8.48. The largest absolute Gasteiger partial charge is 0.417 e. The number of rotatable bonds is 6.